The second-order valence-corrected chi connectivity index (χ2v) is 23.8. The third-order valence-electron chi connectivity index (χ3n) is 19.4. The van der Waals surface area contributed by atoms with Gasteiger partial charge in [-0.25, -0.2) is 0 Å². The molecule has 5 heterocycles. The number of aliphatic hydroxyl groups is 15. The highest BCUT2D eigenvalue weighted by molar-refractivity contribution is 5.86. The molecule has 9 aliphatic rings. The highest BCUT2D eigenvalue weighted by Crippen LogP contribution is 2.70. The van der Waals surface area contributed by atoms with Crippen molar-refractivity contribution in [3.63, 3.8) is 0 Å². The summed E-state index contributed by atoms with van der Waals surface area (Å²) in [5.74, 6) is -1.38. The molecular formula is C51H82O25. The van der Waals surface area contributed by atoms with Gasteiger partial charge in [0.25, 0.3) is 0 Å². The van der Waals surface area contributed by atoms with Crippen LogP contribution in [-0.4, -0.2) is 256 Å². The second kappa shape index (κ2) is 23.0. The molecule has 76 heavy (non-hydrogen) atoms. The average Bonchev–Trinajstić information content (AvgIpc) is 3.90. The minimum absolute atomic E-state index is 0.0618. The number of carbonyl (C=O) groups is 1. The number of carbonyl (C=O) groups excluding carboxylic acids is 1. The Kier molecular flexibility index (Phi) is 17.9. The van der Waals surface area contributed by atoms with E-state index >= 15 is 0 Å². The van der Waals surface area contributed by atoms with E-state index in [1.807, 2.05) is 13.8 Å². The Labute approximate surface area is 439 Å². The standard InChI is InChI=1S/C51H82O25/c1-19(18-68-45-41(65)37(61)33(57)28(14-52)70-45)7-10-51(67)20(2)32-27(76-51)12-24-22-6-5-21-11-26(25(56)13-50(21,4)23(22)8-9-49(24,32)3)69-47-43(39(63)35(59)30(16-54)72-47)75-48-44(40(64)36(60)31(17-55)73-48)74-46-42(66)38(62)34(58)29(15-53)71-46/h5,19-20,22-24,26-48,52-55,57-67H,6-18H2,1-4H3. The lowest BCUT2D eigenvalue weighted by atomic mass is 9.46. The first-order chi connectivity index (χ1) is 35.9. The minimum atomic E-state index is -1.97. The molecule has 8 fully saturated rings. The smallest absolute Gasteiger partial charge is 0.187 e. The maximum Gasteiger partial charge on any atom is 0.187 e. The summed E-state index contributed by atoms with van der Waals surface area (Å²) in [6, 6.07) is 0. The van der Waals surface area contributed by atoms with Crippen LogP contribution in [0.2, 0.25) is 0 Å². The number of hydrogen-bond donors (Lipinski definition) is 15. The molecule has 5 aliphatic heterocycles. The molecule has 31 atom stereocenters. The molecule has 9 rings (SSSR count). The fourth-order valence-electron chi connectivity index (χ4n) is 14.9. The summed E-state index contributed by atoms with van der Waals surface area (Å²) in [6.45, 7) is 5.48. The second-order valence-electron chi connectivity index (χ2n) is 23.8. The van der Waals surface area contributed by atoms with E-state index in [0.717, 1.165) is 31.3 Å². The summed E-state index contributed by atoms with van der Waals surface area (Å²) in [7, 11) is 0. The van der Waals surface area contributed by atoms with Gasteiger partial charge in [-0.1, -0.05) is 39.3 Å². The van der Waals surface area contributed by atoms with E-state index in [1.165, 1.54) is 0 Å². The van der Waals surface area contributed by atoms with E-state index in [9.17, 15) is 81.4 Å². The third-order valence-corrected chi connectivity index (χ3v) is 19.4. The Hall–Kier alpha value is -1.55. The molecule has 25 heteroatoms. The predicted molar refractivity (Wildman–Crippen MR) is 252 cm³/mol. The molecule has 31 unspecified atom stereocenters. The summed E-state index contributed by atoms with van der Waals surface area (Å²) in [4.78, 5) is 14.5. The van der Waals surface area contributed by atoms with Gasteiger partial charge < -0.3 is 119 Å². The summed E-state index contributed by atoms with van der Waals surface area (Å²) in [5, 5.41) is 159. The fourth-order valence-corrected chi connectivity index (χ4v) is 14.9. The van der Waals surface area contributed by atoms with Crippen molar-refractivity contribution in [2.24, 2.45) is 46.3 Å². The lowest BCUT2D eigenvalue weighted by Gasteiger charge is -2.58. The quantitative estimate of drug-likeness (QED) is 0.0645. The van der Waals surface area contributed by atoms with Crippen LogP contribution in [0.1, 0.15) is 79.1 Å². The monoisotopic (exact) mass is 1090 g/mol. The Morgan fingerprint density at radius 2 is 1.16 bits per heavy atom. The van der Waals surface area contributed by atoms with Gasteiger partial charge in [0.15, 0.2) is 36.7 Å². The number of Topliss-reactive ketones (excluding diaryl/α,β-unsaturated/α-hetero) is 1. The van der Waals surface area contributed by atoms with Crippen LogP contribution in [-0.2, 0) is 47.4 Å². The molecule has 4 aliphatic carbocycles. The topological polar surface area (TPSA) is 404 Å². The van der Waals surface area contributed by atoms with Gasteiger partial charge in [-0.15, -0.1) is 0 Å². The zero-order chi connectivity index (χ0) is 55.1. The van der Waals surface area contributed by atoms with E-state index in [-0.39, 0.29) is 72.3 Å². The number of allylic oxidation sites excluding steroid dienone is 1. The van der Waals surface area contributed by atoms with E-state index in [0.29, 0.717) is 12.8 Å². The Balaban J connectivity index is 0.858. The molecule has 436 valence electrons. The van der Waals surface area contributed by atoms with Gasteiger partial charge in [0, 0.05) is 25.2 Å². The van der Waals surface area contributed by atoms with Gasteiger partial charge in [-0.3, -0.25) is 4.79 Å². The molecule has 0 radical (unpaired) electrons. The number of fused-ring (bicyclic) bond motifs is 7. The molecule has 3 saturated carbocycles. The molecule has 0 aromatic carbocycles. The van der Waals surface area contributed by atoms with Crippen LogP contribution in [0.3, 0.4) is 0 Å². The molecule has 25 nitrogen and oxygen atoms in total. The molecule has 0 aromatic heterocycles. The molecule has 0 spiro atoms. The summed E-state index contributed by atoms with van der Waals surface area (Å²) in [6.07, 6.45) is -28.5. The number of ketones is 1. The van der Waals surface area contributed by atoms with Crippen molar-refractivity contribution >= 4 is 5.78 Å². The molecule has 0 amide bonds. The lowest BCUT2D eigenvalue weighted by molar-refractivity contribution is -0.395. The van der Waals surface area contributed by atoms with Gasteiger partial charge in [0.2, 0.25) is 0 Å². The van der Waals surface area contributed by atoms with Crippen molar-refractivity contribution in [3.8, 4) is 0 Å². The highest BCUT2D eigenvalue weighted by Gasteiger charge is 2.68. The maximum atomic E-state index is 14.5. The third kappa shape index (κ3) is 10.4. The SMILES string of the molecule is CC(CCC1(O)OC2CC3C4CC=C5CC(OC6OC(CO)C(O)C(O)C6OC6OC(CO)C(O)C(O)C6OC6OC(CO)C(O)C(O)C6O)C(=O)CC5(C)C4CCC3(C)C2C1C)COC1OC(CO)C(O)C(O)C1O. The van der Waals surface area contributed by atoms with Crippen LogP contribution in [0.4, 0.5) is 0 Å². The van der Waals surface area contributed by atoms with Crippen LogP contribution in [0, 0.1) is 46.3 Å². The number of rotatable bonds is 16. The normalized spacial score (nSPS) is 53.8. The highest BCUT2D eigenvalue weighted by atomic mass is 16.8. The van der Waals surface area contributed by atoms with Crippen LogP contribution >= 0.6 is 0 Å². The van der Waals surface area contributed by atoms with E-state index in [2.05, 4.69) is 19.9 Å². The molecule has 15 N–H and O–H groups in total. The van der Waals surface area contributed by atoms with Gasteiger partial charge in [-0.2, -0.15) is 0 Å². The minimum Gasteiger partial charge on any atom is -0.394 e. The van der Waals surface area contributed by atoms with Crippen molar-refractivity contribution in [2.45, 2.75) is 220 Å². The van der Waals surface area contributed by atoms with Crippen LogP contribution in [0.25, 0.3) is 0 Å². The van der Waals surface area contributed by atoms with Gasteiger partial charge >= 0.3 is 0 Å². The first-order valence-electron chi connectivity index (χ1n) is 27.0. The van der Waals surface area contributed by atoms with Crippen LogP contribution < -0.4 is 0 Å². The Morgan fingerprint density at radius 3 is 1.72 bits per heavy atom. The molecule has 0 aromatic rings. The number of ether oxygens (including phenoxy) is 9. The first-order valence-corrected chi connectivity index (χ1v) is 27.0. The Morgan fingerprint density at radius 1 is 0.658 bits per heavy atom. The van der Waals surface area contributed by atoms with E-state index < -0.39 is 167 Å². The van der Waals surface area contributed by atoms with Gasteiger partial charge in [-0.05, 0) is 72.5 Å². The van der Waals surface area contributed by atoms with E-state index in [1.54, 1.807) is 0 Å². The largest absolute Gasteiger partial charge is 0.394 e. The predicted octanol–water partition coefficient (Wildman–Crippen LogP) is -4.86. The van der Waals surface area contributed by atoms with Gasteiger partial charge in [0.05, 0.1) is 39.1 Å². The molecule has 5 saturated heterocycles. The van der Waals surface area contributed by atoms with Crippen molar-refractivity contribution in [1.82, 2.24) is 0 Å². The molecular weight excluding hydrogens is 1010 g/mol. The summed E-state index contributed by atoms with van der Waals surface area (Å²) < 4.78 is 53.5. The average molecular weight is 1100 g/mol. The number of aliphatic hydroxyl groups excluding tert-OH is 14. The lowest BCUT2D eigenvalue weighted by Crippen LogP contribution is -2.67. The Bertz CT molecular complexity index is 2020. The maximum absolute atomic E-state index is 14.5. The molecule has 0 bridgehead atoms. The number of hydrogen-bond acceptors (Lipinski definition) is 25. The van der Waals surface area contributed by atoms with Crippen molar-refractivity contribution in [3.05, 3.63) is 11.6 Å². The van der Waals surface area contributed by atoms with Crippen molar-refractivity contribution in [1.29, 1.82) is 0 Å². The fraction of sp³-hybridized carbons (Fsp3) is 0.941. The summed E-state index contributed by atoms with van der Waals surface area (Å²) in [5.41, 5.74) is 0.282. The zero-order valence-corrected chi connectivity index (χ0v) is 43.2. The zero-order valence-electron chi connectivity index (χ0n) is 43.2. The summed E-state index contributed by atoms with van der Waals surface area (Å²) >= 11 is 0. The van der Waals surface area contributed by atoms with Crippen molar-refractivity contribution < 1.29 is 124 Å². The van der Waals surface area contributed by atoms with Gasteiger partial charge in [0.1, 0.15) is 104 Å². The van der Waals surface area contributed by atoms with Crippen molar-refractivity contribution in [2.75, 3.05) is 33.0 Å². The van der Waals surface area contributed by atoms with E-state index in [4.69, 9.17) is 42.6 Å². The van der Waals surface area contributed by atoms with Crippen LogP contribution in [0.5, 0.6) is 0 Å². The first kappa shape index (κ1) is 59.1. The van der Waals surface area contributed by atoms with Crippen LogP contribution in [0.15, 0.2) is 11.6 Å².